The Bertz CT molecular complexity index is 346. The van der Waals surface area contributed by atoms with Gasteiger partial charge in [0.25, 0.3) is 0 Å². The Hall–Kier alpha value is -1.06. The van der Waals surface area contributed by atoms with Crippen LogP contribution in [0.3, 0.4) is 0 Å². The van der Waals surface area contributed by atoms with E-state index in [4.69, 9.17) is 10.5 Å². The van der Waals surface area contributed by atoms with Crippen LogP contribution in [0.1, 0.15) is 26.3 Å². The fourth-order valence-corrected chi connectivity index (χ4v) is 1.17. The van der Waals surface area contributed by atoms with Crippen molar-refractivity contribution in [2.45, 2.75) is 33.4 Å². The third kappa shape index (κ3) is 5.20. The largest absolute Gasteiger partial charge is 0.460 e. The van der Waals surface area contributed by atoms with E-state index in [0.717, 1.165) is 5.56 Å². The molecule has 0 spiro atoms. The lowest BCUT2D eigenvalue weighted by Gasteiger charge is -2.24. The van der Waals surface area contributed by atoms with Gasteiger partial charge in [0.1, 0.15) is 12.6 Å². The summed E-state index contributed by atoms with van der Waals surface area (Å²) in [6.45, 7) is 6.04. The Morgan fingerprint density at radius 2 is 1.82 bits per heavy atom. The average molecular weight is 258 g/mol. The van der Waals surface area contributed by atoms with E-state index in [1.807, 2.05) is 51.1 Å². The molecular weight excluding hydrogens is 238 g/mol. The molecule has 0 bridgehead atoms. The summed E-state index contributed by atoms with van der Waals surface area (Å²) in [6.07, 6.45) is 0. The van der Waals surface area contributed by atoms with Crippen LogP contribution < -0.4 is 5.73 Å². The highest BCUT2D eigenvalue weighted by Crippen LogP contribution is 2.18. The molecule has 0 aromatic heterocycles. The molecule has 0 aliphatic heterocycles. The van der Waals surface area contributed by atoms with Crippen LogP contribution in [-0.4, -0.2) is 12.0 Å². The summed E-state index contributed by atoms with van der Waals surface area (Å²) in [5.74, 6) is -0.351. The summed E-state index contributed by atoms with van der Waals surface area (Å²) in [5.41, 5.74) is 6.48. The summed E-state index contributed by atoms with van der Waals surface area (Å²) < 4.78 is 5.15. The Labute approximate surface area is 109 Å². The predicted octanol–water partition coefficient (Wildman–Crippen LogP) is 2.53. The first-order valence-corrected chi connectivity index (χ1v) is 5.37. The molecule has 1 aromatic carbocycles. The minimum atomic E-state index is -0.587. The summed E-state index contributed by atoms with van der Waals surface area (Å²) in [4.78, 5) is 11.6. The molecule has 0 unspecified atom stereocenters. The number of hydrogen-bond acceptors (Lipinski definition) is 3. The molecule has 0 fully saturated rings. The van der Waals surface area contributed by atoms with Crippen LogP contribution in [0.15, 0.2) is 30.3 Å². The second-order valence-electron chi connectivity index (χ2n) is 4.94. The van der Waals surface area contributed by atoms with E-state index in [0.29, 0.717) is 0 Å². The molecule has 3 nitrogen and oxygen atoms in total. The summed E-state index contributed by atoms with van der Waals surface area (Å²) in [7, 11) is 0. The molecule has 0 radical (unpaired) electrons. The van der Waals surface area contributed by atoms with Crippen LogP contribution in [0.5, 0.6) is 0 Å². The van der Waals surface area contributed by atoms with Gasteiger partial charge in [-0.25, -0.2) is 0 Å². The number of ether oxygens (including phenoxy) is 1. The topological polar surface area (TPSA) is 52.3 Å². The van der Waals surface area contributed by atoms with Gasteiger partial charge in [0.05, 0.1) is 0 Å². The minimum Gasteiger partial charge on any atom is -0.460 e. The van der Waals surface area contributed by atoms with Crippen LogP contribution in [0.2, 0.25) is 0 Å². The van der Waals surface area contributed by atoms with E-state index < -0.39 is 6.04 Å². The van der Waals surface area contributed by atoms with Crippen LogP contribution in [0, 0.1) is 5.41 Å². The van der Waals surface area contributed by atoms with Crippen molar-refractivity contribution < 1.29 is 9.53 Å². The maximum Gasteiger partial charge on any atom is 0.323 e. The second kappa shape index (κ2) is 6.62. The second-order valence-corrected chi connectivity index (χ2v) is 4.94. The van der Waals surface area contributed by atoms with Gasteiger partial charge in [0.2, 0.25) is 0 Å². The molecule has 0 aliphatic rings. The van der Waals surface area contributed by atoms with Crippen molar-refractivity contribution in [2.24, 2.45) is 11.1 Å². The van der Waals surface area contributed by atoms with E-state index in [-0.39, 0.29) is 30.4 Å². The highest BCUT2D eigenvalue weighted by molar-refractivity contribution is 5.85. The van der Waals surface area contributed by atoms with Gasteiger partial charge >= 0.3 is 5.97 Å². The van der Waals surface area contributed by atoms with Gasteiger partial charge in [0, 0.05) is 0 Å². The smallest absolute Gasteiger partial charge is 0.323 e. The zero-order valence-electron chi connectivity index (χ0n) is 10.5. The molecule has 2 N–H and O–H groups in total. The Morgan fingerprint density at radius 3 is 2.29 bits per heavy atom. The molecule has 0 saturated heterocycles. The molecule has 0 aliphatic carbocycles. The number of benzene rings is 1. The third-order valence-corrected chi connectivity index (χ3v) is 2.41. The molecule has 1 atom stereocenters. The van der Waals surface area contributed by atoms with Gasteiger partial charge in [-0.2, -0.15) is 0 Å². The highest BCUT2D eigenvalue weighted by atomic mass is 35.5. The van der Waals surface area contributed by atoms with Crippen molar-refractivity contribution >= 4 is 18.4 Å². The molecular formula is C13H20ClNO2. The van der Waals surface area contributed by atoms with E-state index in [9.17, 15) is 4.79 Å². The first kappa shape index (κ1) is 15.9. The zero-order valence-corrected chi connectivity index (χ0v) is 11.3. The zero-order chi connectivity index (χ0) is 12.2. The number of rotatable bonds is 3. The summed E-state index contributed by atoms with van der Waals surface area (Å²) >= 11 is 0. The Kier molecular flexibility index (Phi) is 6.21. The standard InChI is InChI=1S/C13H19NO2.ClH/c1-13(2,3)11(14)12(15)16-9-10-7-5-4-6-8-10;/h4-8,11H,9,14H2,1-3H3;1H/t11-;/m0./s1. The summed E-state index contributed by atoms with van der Waals surface area (Å²) in [5, 5.41) is 0. The lowest BCUT2D eigenvalue weighted by atomic mass is 9.87. The molecule has 1 rings (SSSR count). The number of carbonyl (C=O) groups excluding carboxylic acids is 1. The molecule has 17 heavy (non-hydrogen) atoms. The minimum absolute atomic E-state index is 0. The molecule has 0 amide bonds. The third-order valence-electron chi connectivity index (χ3n) is 2.41. The van der Waals surface area contributed by atoms with Crippen molar-refractivity contribution in [3.05, 3.63) is 35.9 Å². The van der Waals surface area contributed by atoms with Gasteiger partial charge < -0.3 is 10.5 Å². The fraction of sp³-hybridized carbons (Fsp3) is 0.462. The monoisotopic (exact) mass is 257 g/mol. The quantitative estimate of drug-likeness (QED) is 0.847. The van der Waals surface area contributed by atoms with Crippen molar-refractivity contribution in [2.75, 3.05) is 0 Å². The molecule has 1 aromatic rings. The first-order chi connectivity index (χ1) is 7.41. The van der Waals surface area contributed by atoms with E-state index >= 15 is 0 Å². The van der Waals surface area contributed by atoms with E-state index in [1.54, 1.807) is 0 Å². The van der Waals surface area contributed by atoms with E-state index in [2.05, 4.69) is 0 Å². The number of hydrogen-bond donors (Lipinski definition) is 1. The molecule has 0 heterocycles. The normalized spacial score (nSPS) is 12.5. The Morgan fingerprint density at radius 1 is 1.29 bits per heavy atom. The average Bonchev–Trinajstić information content (AvgIpc) is 2.25. The van der Waals surface area contributed by atoms with Gasteiger partial charge in [0.15, 0.2) is 0 Å². The van der Waals surface area contributed by atoms with Crippen molar-refractivity contribution in [3.63, 3.8) is 0 Å². The molecule has 4 heteroatoms. The predicted molar refractivity (Wildman–Crippen MR) is 70.9 cm³/mol. The summed E-state index contributed by atoms with van der Waals surface area (Å²) in [6, 6.07) is 8.98. The highest BCUT2D eigenvalue weighted by Gasteiger charge is 2.28. The SMILES string of the molecule is CC(C)(C)[C@@H](N)C(=O)OCc1ccccc1.Cl. The van der Waals surface area contributed by atoms with Crippen LogP contribution in [0.4, 0.5) is 0 Å². The van der Waals surface area contributed by atoms with E-state index in [1.165, 1.54) is 0 Å². The maximum absolute atomic E-state index is 11.6. The van der Waals surface area contributed by atoms with Crippen LogP contribution >= 0.6 is 12.4 Å². The Balaban J connectivity index is 0.00000256. The fourth-order valence-electron chi connectivity index (χ4n) is 1.17. The first-order valence-electron chi connectivity index (χ1n) is 5.37. The number of carbonyl (C=O) groups is 1. The van der Waals surface area contributed by atoms with Gasteiger partial charge in [-0.15, -0.1) is 12.4 Å². The van der Waals surface area contributed by atoms with Crippen molar-refractivity contribution in [1.82, 2.24) is 0 Å². The lowest BCUT2D eigenvalue weighted by molar-refractivity contribution is -0.149. The lowest BCUT2D eigenvalue weighted by Crippen LogP contribution is -2.43. The van der Waals surface area contributed by atoms with Gasteiger partial charge in [-0.3, -0.25) is 4.79 Å². The van der Waals surface area contributed by atoms with Crippen LogP contribution in [0.25, 0.3) is 0 Å². The van der Waals surface area contributed by atoms with Gasteiger partial charge in [-0.05, 0) is 11.0 Å². The molecule has 0 saturated carbocycles. The number of nitrogens with two attached hydrogens (primary N) is 1. The number of halogens is 1. The molecule has 96 valence electrons. The maximum atomic E-state index is 11.6. The number of esters is 1. The van der Waals surface area contributed by atoms with Gasteiger partial charge in [-0.1, -0.05) is 51.1 Å². The van der Waals surface area contributed by atoms with Crippen molar-refractivity contribution in [3.8, 4) is 0 Å². The van der Waals surface area contributed by atoms with Crippen LogP contribution in [-0.2, 0) is 16.1 Å². The van der Waals surface area contributed by atoms with Crippen molar-refractivity contribution in [1.29, 1.82) is 0 Å².